The van der Waals surface area contributed by atoms with E-state index in [1.54, 1.807) is 27.7 Å². The summed E-state index contributed by atoms with van der Waals surface area (Å²) in [6.45, 7) is 7.04. The molecule has 0 aliphatic heterocycles. The van der Waals surface area contributed by atoms with Crippen LogP contribution in [0.2, 0.25) is 0 Å². The lowest BCUT2D eigenvalue weighted by Crippen LogP contribution is -2.40. The summed E-state index contributed by atoms with van der Waals surface area (Å²) < 4.78 is 82.2. The van der Waals surface area contributed by atoms with E-state index in [4.69, 9.17) is 5.14 Å². The van der Waals surface area contributed by atoms with Crippen LogP contribution in [0.5, 0.6) is 0 Å². The molecule has 0 atom stereocenters. The Bertz CT molecular complexity index is 1260. The molecule has 3 N–H and O–H groups in total. The van der Waals surface area contributed by atoms with Crippen molar-refractivity contribution in [3.8, 4) is 11.3 Å². The lowest BCUT2D eigenvalue weighted by molar-refractivity contribution is 0.148. The quantitative estimate of drug-likeness (QED) is 0.554. The van der Waals surface area contributed by atoms with Crippen LogP contribution in [-0.2, 0) is 26.6 Å². The molecular formula is C23H33F2N3O4S2. The van der Waals surface area contributed by atoms with Crippen LogP contribution in [0.1, 0.15) is 70.6 Å². The van der Waals surface area contributed by atoms with E-state index in [1.165, 1.54) is 12.1 Å². The number of benzene rings is 1. The lowest BCUT2D eigenvalue weighted by Gasteiger charge is -2.24. The van der Waals surface area contributed by atoms with Crippen LogP contribution in [0.4, 0.5) is 8.78 Å². The normalized spacial score (nSPS) is 16.4. The van der Waals surface area contributed by atoms with E-state index in [2.05, 4.69) is 4.72 Å². The van der Waals surface area contributed by atoms with Gasteiger partial charge in [0.2, 0.25) is 20.0 Å². The number of rotatable bonds is 7. The molecule has 34 heavy (non-hydrogen) atoms. The van der Waals surface area contributed by atoms with Crippen LogP contribution < -0.4 is 9.86 Å². The van der Waals surface area contributed by atoms with Crippen LogP contribution in [-0.4, -0.2) is 26.9 Å². The van der Waals surface area contributed by atoms with Gasteiger partial charge in [0.25, 0.3) is 6.43 Å². The highest BCUT2D eigenvalue weighted by atomic mass is 32.2. The number of alkyl halides is 2. The molecule has 0 radical (unpaired) electrons. The highest BCUT2D eigenvalue weighted by Gasteiger charge is 2.29. The average molecular weight is 518 g/mol. The van der Waals surface area contributed by atoms with Gasteiger partial charge in [-0.15, -0.1) is 0 Å². The molecule has 1 aromatic carbocycles. The Morgan fingerprint density at radius 2 is 1.68 bits per heavy atom. The van der Waals surface area contributed by atoms with Crippen LogP contribution >= 0.6 is 0 Å². The van der Waals surface area contributed by atoms with Gasteiger partial charge in [0, 0.05) is 29.0 Å². The minimum atomic E-state index is -4.20. The zero-order valence-corrected chi connectivity index (χ0v) is 21.6. The Kier molecular flexibility index (Phi) is 7.62. The third kappa shape index (κ3) is 6.05. The molecule has 1 heterocycles. The number of hydrogen-bond donors (Lipinski definition) is 2. The Morgan fingerprint density at radius 3 is 2.21 bits per heavy atom. The minimum absolute atomic E-state index is 0.0667. The summed E-state index contributed by atoms with van der Waals surface area (Å²) in [5.74, 6) is 0.331. The van der Waals surface area contributed by atoms with Crippen molar-refractivity contribution in [2.24, 2.45) is 11.1 Å². The smallest absolute Gasteiger partial charge is 0.265 e. The van der Waals surface area contributed by atoms with Gasteiger partial charge in [-0.1, -0.05) is 25.3 Å². The SMILES string of the molecule is Cc1c(S(N)(=O)=O)cc(-c2ccc(S(=O)(=O)NC(C)(C)C)c(C(F)F)c2)n1CC1CCCCC1. The van der Waals surface area contributed by atoms with E-state index < -0.39 is 42.5 Å². The molecule has 0 amide bonds. The van der Waals surface area contributed by atoms with Crippen molar-refractivity contribution < 1.29 is 25.6 Å². The fourth-order valence-electron chi connectivity index (χ4n) is 4.59. The second kappa shape index (κ2) is 9.67. The minimum Gasteiger partial charge on any atom is -0.343 e. The first kappa shape index (κ1) is 26.8. The highest BCUT2D eigenvalue weighted by molar-refractivity contribution is 7.89. The molecule has 0 bridgehead atoms. The molecule has 1 aliphatic carbocycles. The zero-order chi connectivity index (χ0) is 25.5. The van der Waals surface area contributed by atoms with E-state index in [1.807, 2.05) is 4.57 Å². The Hall–Kier alpha value is -1.82. The molecule has 0 unspecified atom stereocenters. The fraction of sp³-hybridized carbons (Fsp3) is 0.565. The van der Waals surface area contributed by atoms with Crippen molar-refractivity contribution >= 4 is 20.0 Å². The topological polar surface area (TPSA) is 111 Å². The molecule has 3 rings (SSSR count). The van der Waals surface area contributed by atoms with Crippen molar-refractivity contribution in [2.75, 3.05) is 0 Å². The number of primary sulfonamides is 1. The van der Waals surface area contributed by atoms with E-state index in [9.17, 15) is 25.6 Å². The molecule has 0 spiro atoms. The molecule has 7 nitrogen and oxygen atoms in total. The molecule has 1 aromatic heterocycles. The summed E-state index contributed by atoms with van der Waals surface area (Å²) in [5.41, 5.74) is -0.338. The summed E-state index contributed by atoms with van der Waals surface area (Å²) in [5, 5.41) is 5.42. The molecule has 190 valence electrons. The predicted octanol–water partition coefficient (Wildman–Crippen LogP) is 4.71. The van der Waals surface area contributed by atoms with Gasteiger partial charge in [0.15, 0.2) is 0 Å². The first-order chi connectivity index (χ1) is 15.6. The third-order valence-corrected chi connectivity index (χ3v) is 8.92. The number of nitrogens with two attached hydrogens (primary N) is 1. The maximum atomic E-state index is 14.0. The van der Waals surface area contributed by atoms with E-state index in [-0.39, 0.29) is 4.90 Å². The number of nitrogens with one attached hydrogen (secondary N) is 1. The largest absolute Gasteiger partial charge is 0.343 e. The standard InChI is InChI=1S/C23H33F2N3O4S2/c1-15-21(33(26,29)30)13-19(28(15)14-16-8-6-5-7-9-16)17-10-11-20(18(12-17)22(24)25)34(31,32)27-23(2,3)4/h10-13,16,22,27H,5-9,14H2,1-4H3,(H2,26,29,30). The van der Waals surface area contributed by atoms with Crippen molar-refractivity contribution in [1.29, 1.82) is 0 Å². The van der Waals surface area contributed by atoms with Gasteiger partial charge in [-0.25, -0.2) is 35.5 Å². The Balaban J connectivity index is 2.16. The predicted molar refractivity (Wildman–Crippen MR) is 128 cm³/mol. The fourth-order valence-corrected chi connectivity index (χ4v) is 7.01. The zero-order valence-electron chi connectivity index (χ0n) is 19.9. The van der Waals surface area contributed by atoms with E-state index in [0.717, 1.165) is 44.2 Å². The summed E-state index contributed by atoms with van der Waals surface area (Å²) in [4.78, 5) is -0.571. The Labute approximate surface area is 200 Å². The molecule has 11 heteroatoms. The molecule has 1 fully saturated rings. The highest BCUT2D eigenvalue weighted by Crippen LogP contribution is 2.36. The van der Waals surface area contributed by atoms with Crippen LogP contribution in [0.15, 0.2) is 34.1 Å². The maximum absolute atomic E-state index is 14.0. The summed E-state index contributed by atoms with van der Waals surface area (Å²) >= 11 is 0. The number of aromatic nitrogens is 1. The van der Waals surface area contributed by atoms with Crippen molar-refractivity contribution in [1.82, 2.24) is 9.29 Å². The molecule has 1 saturated carbocycles. The van der Waals surface area contributed by atoms with Gasteiger partial charge in [0.05, 0.1) is 4.90 Å². The van der Waals surface area contributed by atoms with Gasteiger partial charge in [-0.2, -0.15) is 0 Å². The summed E-state index contributed by atoms with van der Waals surface area (Å²) in [7, 11) is -8.24. The molecule has 1 aliphatic rings. The van der Waals surface area contributed by atoms with E-state index in [0.29, 0.717) is 29.4 Å². The van der Waals surface area contributed by atoms with Crippen LogP contribution in [0.25, 0.3) is 11.3 Å². The van der Waals surface area contributed by atoms with Gasteiger partial charge in [-0.3, -0.25) is 0 Å². The van der Waals surface area contributed by atoms with E-state index >= 15 is 0 Å². The molecule has 2 aromatic rings. The van der Waals surface area contributed by atoms with Gasteiger partial charge in [0.1, 0.15) is 4.90 Å². The summed E-state index contributed by atoms with van der Waals surface area (Å²) in [6.07, 6.45) is 2.29. The molecule has 0 saturated heterocycles. The van der Waals surface area contributed by atoms with Crippen LogP contribution in [0.3, 0.4) is 0 Å². The van der Waals surface area contributed by atoms with Gasteiger partial charge in [-0.05, 0) is 70.2 Å². The maximum Gasteiger partial charge on any atom is 0.265 e. The first-order valence-electron chi connectivity index (χ1n) is 11.3. The lowest BCUT2D eigenvalue weighted by atomic mass is 9.89. The summed E-state index contributed by atoms with van der Waals surface area (Å²) in [6, 6.07) is 5.09. The number of nitrogens with zero attached hydrogens (tertiary/aromatic N) is 1. The number of hydrogen-bond acceptors (Lipinski definition) is 4. The second-order valence-corrected chi connectivity index (χ2v) is 13.2. The van der Waals surface area contributed by atoms with Gasteiger partial charge < -0.3 is 4.57 Å². The van der Waals surface area contributed by atoms with Crippen LogP contribution in [0, 0.1) is 12.8 Å². The second-order valence-electron chi connectivity index (χ2n) is 10.0. The van der Waals surface area contributed by atoms with Crippen molar-refractivity contribution in [3.05, 3.63) is 35.5 Å². The monoisotopic (exact) mass is 517 g/mol. The first-order valence-corrected chi connectivity index (χ1v) is 14.3. The third-order valence-electron chi connectivity index (χ3n) is 6.06. The number of sulfonamides is 2. The molecular weight excluding hydrogens is 484 g/mol. The van der Waals surface area contributed by atoms with Crippen molar-refractivity contribution in [3.63, 3.8) is 0 Å². The van der Waals surface area contributed by atoms with Gasteiger partial charge >= 0.3 is 0 Å². The number of halogens is 2. The average Bonchev–Trinajstić information content (AvgIpc) is 3.03. The van der Waals surface area contributed by atoms with Crippen molar-refractivity contribution in [2.45, 2.75) is 88.1 Å². The Morgan fingerprint density at radius 1 is 1.06 bits per heavy atom.